The van der Waals surface area contributed by atoms with Gasteiger partial charge >= 0.3 is 0 Å². The molecular formula is C14H23ClN2O2S. The Morgan fingerprint density at radius 1 is 1.10 bits per heavy atom. The van der Waals surface area contributed by atoms with Crippen LogP contribution in [0.15, 0.2) is 24.3 Å². The van der Waals surface area contributed by atoms with Crippen LogP contribution in [0.2, 0.25) is 5.02 Å². The quantitative estimate of drug-likeness (QED) is 0.650. The second-order valence-electron chi connectivity index (χ2n) is 4.65. The second kappa shape index (κ2) is 9.34. The smallest absolute Gasteiger partial charge is 0.211 e. The SMILES string of the molecule is CCNCCCCS(=O)(=O)NCCc1ccc(Cl)cc1. The van der Waals surface area contributed by atoms with Gasteiger partial charge in [-0.2, -0.15) is 0 Å². The predicted octanol–water partition coefficient (Wildman–Crippen LogP) is 2.19. The highest BCUT2D eigenvalue weighted by Gasteiger charge is 2.08. The number of hydrogen-bond donors (Lipinski definition) is 2. The van der Waals surface area contributed by atoms with Crippen LogP contribution in [0, 0.1) is 0 Å². The molecule has 0 aliphatic rings. The van der Waals surface area contributed by atoms with Crippen molar-refractivity contribution in [2.75, 3.05) is 25.4 Å². The maximum absolute atomic E-state index is 11.8. The van der Waals surface area contributed by atoms with E-state index in [9.17, 15) is 8.42 Å². The third-order valence-electron chi connectivity index (χ3n) is 2.92. The van der Waals surface area contributed by atoms with Gasteiger partial charge in [0.2, 0.25) is 10.0 Å². The fourth-order valence-electron chi connectivity index (χ4n) is 1.79. The molecule has 0 aliphatic carbocycles. The Morgan fingerprint density at radius 3 is 2.45 bits per heavy atom. The van der Waals surface area contributed by atoms with Gasteiger partial charge in [-0.1, -0.05) is 30.7 Å². The summed E-state index contributed by atoms with van der Waals surface area (Å²) in [6, 6.07) is 7.44. The highest BCUT2D eigenvalue weighted by molar-refractivity contribution is 7.89. The maximum atomic E-state index is 11.8. The molecule has 0 atom stereocenters. The van der Waals surface area contributed by atoms with Crippen LogP contribution in [-0.4, -0.2) is 33.8 Å². The summed E-state index contributed by atoms with van der Waals surface area (Å²) in [7, 11) is -3.15. The van der Waals surface area contributed by atoms with Gasteiger partial charge in [0.05, 0.1) is 5.75 Å². The zero-order valence-electron chi connectivity index (χ0n) is 11.9. The van der Waals surface area contributed by atoms with E-state index in [-0.39, 0.29) is 5.75 Å². The minimum absolute atomic E-state index is 0.193. The van der Waals surface area contributed by atoms with Crippen LogP contribution in [0.4, 0.5) is 0 Å². The van der Waals surface area contributed by atoms with Crippen LogP contribution in [0.1, 0.15) is 25.3 Å². The normalized spacial score (nSPS) is 11.7. The number of nitrogens with one attached hydrogen (secondary N) is 2. The molecule has 0 fully saturated rings. The average Bonchev–Trinajstić information content (AvgIpc) is 2.40. The molecule has 0 aliphatic heterocycles. The highest BCUT2D eigenvalue weighted by Crippen LogP contribution is 2.09. The standard InChI is InChI=1S/C14H23ClN2O2S/c1-2-16-10-3-4-12-20(18,19)17-11-9-13-5-7-14(15)8-6-13/h5-8,16-17H,2-4,9-12H2,1H3. The summed E-state index contributed by atoms with van der Waals surface area (Å²) in [5.41, 5.74) is 1.07. The predicted molar refractivity (Wildman–Crippen MR) is 84.7 cm³/mol. The lowest BCUT2D eigenvalue weighted by Gasteiger charge is -2.07. The van der Waals surface area contributed by atoms with Crippen LogP contribution in [0.3, 0.4) is 0 Å². The van der Waals surface area contributed by atoms with E-state index in [1.807, 2.05) is 31.2 Å². The Labute approximate surface area is 127 Å². The molecule has 0 heterocycles. The molecule has 0 unspecified atom stereocenters. The Bertz CT molecular complexity index is 474. The number of hydrogen-bond acceptors (Lipinski definition) is 3. The summed E-state index contributed by atoms with van der Waals surface area (Å²) in [5, 5.41) is 3.87. The third kappa shape index (κ3) is 7.85. The molecule has 1 rings (SSSR count). The van der Waals surface area contributed by atoms with Crippen molar-refractivity contribution in [3.8, 4) is 0 Å². The summed E-state index contributed by atoms with van der Waals surface area (Å²) in [6.45, 7) is 4.26. The number of rotatable bonds is 10. The van der Waals surface area contributed by atoms with Crippen molar-refractivity contribution in [3.05, 3.63) is 34.9 Å². The van der Waals surface area contributed by atoms with Gasteiger partial charge in [-0.3, -0.25) is 0 Å². The summed E-state index contributed by atoms with van der Waals surface area (Å²) in [4.78, 5) is 0. The second-order valence-corrected chi connectivity index (χ2v) is 7.01. The summed E-state index contributed by atoms with van der Waals surface area (Å²) in [5.74, 6) is 0.193. The molecule has 6 heteroatoms. The molecule has 1 aromatic carbocycles. The molecule has 114 valence electrons. The van der Waals surface area contributed by atoms with E-state index in [2.05, 4.69) is 10.0 Å². The van der Waals surface area contributed by atoms with Crippen molar-refractivity contribution in [1.29, 1.82) is 0 Å². The van der Waals surface area contributed by atoms with Gasteiger partial charge in [0.15, 0.2) is 0 Å². The monoisotopic (exact) mass is 318 g/mol. The lowest BCUT2D eigenvalue weighted by molar-refractivity contribution is 0.574. The van der Waals surface area contributed by atoms with Crippen molar-refractivity contribution >= 4 is 21.6 Å². The van der Waals surface area contributed by atoms with E-state index < -0.39 is 10.0 Å². The van der Waals surface area contributed by atoms with Crippen LogP contribution < -0.4 is 10.0 Å². The van der Waals surface area contributed by atoms with Crippen molar-refractivity contribution in [1.82, 2.24) is 10.0 Å². The molecule has 0 amide bonds. The molecule has 0 saturated heterocycles. The first-order valence-electron chi connectivity index (χ1n) is 6.96. The first kappa shape index (κ1) is 17.4. The molecule has 0 radical (unpaired) electrons. The Morgan fingerprint density at radius 2 is 1.80 bits per heavy atom. The van der Waals surface area contributed by atoms with Gasteiger partial charge in [0.25, 0.3) is 0 Å². The number of benzene rings is 1. The topological polar surface area (TPSA) is 58.2 Å². The van der Waals surface area contributed by atoms with E-state index in [1.165, 1.54) is 0 Å². The third-order valence-corrected chi connectivity index (χ3v) is 4.64. The minimum atomic E-state index is -3.15. The zero-order chi connectivity index (χ0) is 14.8. The van der Waals surface area contributed by atoms with Gasteiger partial charge in [-0.05, 0) is 50.0 Å². The lowest BCUT2D eigenvalue weighted by Crippen LogP contribution is -2.28. The molecule has 4 nitrogen and oxygen atoms in total. The molecule has 20 heavy (non-hydrogen) atoms. The highest BCUT2D eigenvalue weighted by atomic mass is 35.5. The van der Waals surface area contributed by atoms with Gasteiger partial charge in [0, 0.05) is 11.6 Å². The van der Waals surface area contributed by atoms with E-state index >= 15 is 0 Å². The molecule has 0 bridgehead atoms. The van der Waals surface area contributed by atoms with Gasteiger partial charge in [-0.15, -0.1) is 0 Å². The fourth-order valence-corrected chi connectivity index (χ4v) is 3.06. The van der Waals surface area contributed by atoms with Crippen molar-refractivity contribution in [2.24, 2.45) is 0 Å². The Kier molecular flexibility index (Phi) is 8.14. The summed E-state index contributed by atoms with van der Waals surface area (Å²) >= 11 is 5.80. The first-order valence-corrected chi connectivity index (χ1v) is 8.99. The fraction of sp³-hybridized carbons (Fsp3) is 0.571. The van der Waals surface area contributed by atoms with Gasteiger partial charge in [-0.25, -0.2) is 13.1 Å². The van der Waals surface area contributed by atoms with Crippen LogP contribution >= 0.6 is 11.6 Å². The molecule has 0 aromatic heterocycles. The maximum Gasteiger partial charge on any atom is 0.211 e. The van der Waals surface area contributed by atoms with Gasteiger partial charge in [0.1, 0.15) is 0 Å². The van der Waals surface area contributed by atoms with Crippen LogP contribution in [0.25, 0.3) is 0 Å². The number of halogens is 1. The zero-order valence-corrected chi connectivity index (χ0v) is 13.4. The van der Waals surface area contributed by atoms with Crippen LogP contribution in [0.5, 0.6) is 0 Å². The van der Waals surface area contributed by atoms with E-state index in [0.717, 1.165) is 25.1 Å². The van der Waals surface area contributed by atoms with E-state index in [0.29, 0.717) is 24.4 Å². The largest absolute Gasteiger partial charge is 0.317 e. The van der Waals surface area contributed by atoms with E-state index in [1.54, 1.807) is 0 Å². The van der Waals surface area contributed by atoms with Crippen LogP contribution in [-0.2, 0) is 16.4 Å². The Hall–Kier alpha value is -0.620. The summed E-state index contributed by atoms with van der Waals surface area (Å²) < 4.78 is 26.1. The number of sulfonamides is 1. The average molecular weight is 319 g/mol. The van der Waals surface area contributed by atoms with Crippen molar-refractivity contribution < 1.29 is 8.42 Å². The first-order chi connectivity index (χ1) is 9.53. The molecule has 1 aromatic rings. The van der Waals surface area contributed by atoms with E-state index in [4.69, 9.17) is 11.6 Å². The van der Waals surface area contributed by atoms with Gasteiger partial charge < -0.3 is 5.32 Å². The van der Waals surface area contributed by atoms with Crippen molar-refractivity contribution in [3.63, 3.8) is 0 Å². The number of unbranched alkanes of at least 4 members (excludes halogenated alkanes) is 1. The lowest BCUT2D eigenvalue weighted by atomic mass is 10.2. The summed E-state index contributed by atoms with van der Waals surface area (Å²) in [6.07, 6.45) is 2.24. The molecular weight excluding hydrogens is 296 g/mol. The Balaban J connectivity index is 2.20. The molecule has 0 saturated carbocycles. The minimum Gasteiger partial charge on any atom is -0.317 e. The molecule has 2 N–H and O–H groups in total. The molecule has 0 spiro atoms. The van der Waals surface area contributed by atoms with Crippen molar-refractivity contribution in [2.45, 2.75) is 26.2 Å².